The van der Waals surface area contributed by atoms with E-state index in [4.69, 9.17) is 4.52 Å². The van der Waals surface area contributed by atoms with E-state index in [9.17, 15) is 4.79 Å². The highest BCUT2D eigenvalue weighted by atomic mass is 16.5. The lowest BCUT2D eigenvalue weighted by atomic mass is 10.1. The van der Waals surface area contributed by atoms with Gasteiger partial charge in [0.15, 0.2) is 0 Å². The first-order chi connectivity index (χ1) is 7.27. The molecule has 2 heterocycles. The molecule has 0 saturated heterocycles. The van der Waals surface area contributed by atoms with Crippen molar-refractivity contribution >= 4 is 21.8 Å². The lowest BCUT2D eigenvalue weighted by Crippen LogP contribution is -2.05. The number of fused-ring (bicyclic) bond motifs is 3. The predicted octanol–water partition coefficient (Wildman–Crippen LogP) is 1.98. The molecule has 0 aliphatic carbocycles. The third-order valence-corrected chi connectivity index (χ3v) is 2.52. The zero-order valence-electron chi connectivity index (χ0n) is 8.07. The average molecular weight is 200 g/mol. The smallest absolute Gasteiger partial charge is 0.261 e. The topological polar surface area (TPSA) is 58.9 Å². The standard InChI is InChI=1S/C11H8N2O2/c1-6-9-10(13-15-6)7-4-2-3-5-8(7)12-11(9)14/h2-5H,1H3,(H,12,14). The Morgan fingerprint density at radius 2 is 2.13 bits per heavy atom. The molecule has 0 aliphatic heterocycles. The summed E-state index contributed by atoms with van der Waals surface area (Å²) in [5.41, 5.74) is 1.26. The summed E-state index contributed by atoms with van der Waals surface area (Å²) >= 11 is 0. The molecule has 0 saturated carbocycles. The van der Waals surface area contributed by atoms with Crippen molar-refractivity contribution in [2.24, 2.45) is 0 Å². The average Bonchev–Trinajstić information content (AvgIpc) is 2.62. The van der Waals surface area contributed by atoms with Crippen molar-refractivity contribution in [1.82, 2.24) is 10.1 Å². The fourth-order valence-corrected chi connectivity index (χ4v) is 1.81. The van der Waals surface area contributed by atoms with Gasteiger partial charge in [-0.1, -0.05) is 23.4 Å². The first-order valence-electron chi connectivity index (χ1n) is 4.64. The quantitative estimate of drug-likeness (QED) is 0.603. The zero-order chi connectivity index (χ0) is 10.4. The zero-order valence-corrected chi connectivity index (χ0v) is 8.07. The van der Waals surface area contributed by atoms with E-state index < -0.39 is 0 Å². The minimum Gasteiger partial charge on any atom is -0.360 e. The van der Waals surface area contributed by atoms with E-state index in [0.717, 1.165) is 10.9 Å². The molecule has 15 heavy (non-hydrogen) atoms. The molecule has 4 heteroatoms. The van der Waals surface area contributed by atoms with Gasteiger partial charge in [-0.15, -0.1) is 0 Å². The van der Waals surface area contributed by atoms with Gasteiger partial charge >= 0.3 is 0 Å². The van der Waals surface area contributed by atoms with Crippen LogP contribution in [0.25, 0.3) is 21.8 Å². The molecule has 0 unspecified atom stereocenters. The first-order valence-corrected chi connectivity index (χ1v) is 4.64. The van der Waals surface area contributed by atoms with Crippen LogP contribution in [0.1, 0.15) is 5.76 Å². The number of aromatic nitrogens is 2. The molecule has 0 aliphatic rings. The molecular weight excluding hydrogens is 192 g/mol. The molecule has 74 valence electrons. The third kappa shape index (κ3) is 1.01. The van der Waals surface area contributed by atoms with E-state index in [-0.39, 0.29) is 5.56 Å². The highest BCUT2D eigenvalue weighted by molar-refractivity contribution is 6.03. The monoisotopic (exact) mass is 200 g/mol. The number of rotatable bonds is 0. The maximum Gasteiger partial charge on any atom is 0.261 e. The molecule has 0 fully saturated rings. The molecule has 0 radical (unpaired) electrons. The van der Waals surface area contributed by atoms with Gasteiger partial charge in [-0.2, -0.15) is 0 Å². The molecule has 0 atom stereocenters. The number of hydrogen-bond donors (Lipinski definition) is 1. The number of pyridine rings is 1. The van der Waals surface area contributed by atoms with Gasteiger partial charge in [-0.05, 0) is 13.0 Å². The van der Waals surface area contributed by atoms with Crippen molar-refractivity contribution in [3.8, 4) is 0 Å². The van der Waals surface area contributed by atoms with Gasteiger partial charge in [0.25, 0.3) is 5.56 Å². The van der Waals surface area contributed by atoms with Gasteiger partial charge < -0.3 is 9.51 Å². The van der Waals surface area contributed by atoms with Crippen molar-refractivity contribution in [3.63, 3.8) is 0 Å². The van der Waals surface area contributed by atoms with Crippen LogP contribution in [0.2, 0.25) is 0 Å². The lowest BCUT2D eigenvalue weighted by Gasteiger charge is -1.96. The van der Waals surface area contributed by atoms with Gasteiger partial charge in [-0.3, -0.25) is 4.79 Å². The maximum absolute atomic E-state index is 11.7. The van der Waals surface area contributed by atoms with Crippen LogP contribution < -0.4 is 5.56 Å². The summed E-state index contributed by atoms with van der Waals surface area (Å²) in [6.07, 6.45) is 0. The van der Waals surface area contributed by atoms with E-state index >= 15 is 0 Å². The number of aryl methyl sites for hydroxylation is 1. The van der Waals surface area contributed by atoms with Crippen molar-refractivity contribution in [2.45, 2.75) is 6.92 Å². The van der Waals surface area contributed by atoms with Crippen molar-refractivity contribution < 1.29 is 4.52 Å². The van der Waals surface area contributed by atoms with E-state index in [1.807, 2.05) is 24.3 Å². The second-order valence-corrected chi connectivity index (χ2v) is 3.46. The maximum atomic E-state index is 11.7. The van der Waals surface area contributed by atoms with Crippen LogP contribution in [0.5, 0.6) is 0 Å². The Hall–Kier alpha value is -2.10. The molecule has 3 rings (SSSR count). The number of benzene rings is 1. The summed E-state index contributed by atoms with van der Waals surface area (Å²) in [7, 11) is 0. The summed E-state index contributed by atoms with van der Waals surface area (Å²) in [5.74, 6) is 0.553. The second-order valence-electron chi connectivity index (χ2n) is 3.46. The minimum atomic E-state index is -0.151. The highest BCUT2D eigenvalue weighted by Crippen LogP contribution is 2.21. The fraction of sp³-hybridized carbons (Fsp3) is 0.0909. The van der Waals surface area contributed by atoms with Crippen molar-refractivity contribution in [3.05, 3.63) is 40.4 Å². The van der Waals surface area contributed by atoms with Crippen LogP contribution in [0.3, 0.4) is 0 Å². The Labute approximate surface area is 84.5 Å². The van der Waals surface area contributed by atoms with E-state index in [1.165, 1.54) is 0 Å². The Balaban J connectivity index is 2.71. The molecule has 1 aromatic carbocycles. The molecule has 3 aromatic rings. The molecule has 1 N–H and O–H groups in total. The highest BCUT2D eigenvalue weighted by Gasteiger charge is 2.11. The summed E-state index contributed by atoms with van der Waals surface area (Å²) in [6, 6.07) is 7.54. The molecular formula is C11H8N2O2. The van der Waals surface area contributed by atoms with Crippen LogP contribution in [-0.4, -0.2) is 10.1 Å². The van der Waals surface area contributed by atoms with E-state index in [1.54, 1.807) is 6.92 Å². The molecule has 0 amide bonds. The summed E-state index contributed by atoms with van der Waals surface area (Å²) in [5, 5.41) is 5.35. The largest absolute Gasteiger partial charge is 0.360 e. The van der Waals surface area contributed by atoms with Crippen molar-refractivity contribution in [1.29, 1.82) is 0 Å². The number of para-hydroxylation sites is 1. The summed E-state index contributed by atoms with van der Waals surface area (Å²) in [6.45, 7) is 1.74. The number of nitrogens with zero attached hydrogens (tertiary/aromatic N) is 1. The van der Waals surface area contributed by atoms with Gasteiger partial charge in [0, 0.05) is 5.39 Å². The van der Waals surface area contributed by atoms with Gasteiger partial charge in [0.05, 0.1) is 5.52 Å². The molecule has 2 aromatic heterocycles. The van der Waals surface area contributed by atoms with E-state index in [0.29, 0.717) is 16.7 Å². The number of H-pyrrole nitrogens is 1. The molecule has 0 spiro atoms. The summed E-state index contributed by atoms with van der Waals surface area (Å²) < 4.78 is 5.03. The van der Waals surface area contributed by atoms with Crippen LogP contribution in [0.15, 0.2) is 33.6 Å². The Morgan fingerprint density at radius 1 is 1.33 bits per heavy atom. The third-order valence-electron chi connectivity index (χ3n) is 2.52. The second kappa shape index (κ2) is 2.70. The Bertz CT molecular complexity index is 709. The van der Waals surface area contributed by atoms with Crippen LogP contribution in [0, 0.1) is 6.92 Å². The lowest BCUT2D eigenvalue weighted by molar-refractivity contribution is 0.406. The van der Waals surface area contributed by atoms with Crippen LogP contribution in [-0.2, 0) is 0 Å². The predicted molar refractivity (Wildman–Crippen MR) is 56.9 cm³/mol. The van der Waals surface area contributed by atoms with Crippen molar-refractivity contribution in [2.75, 3.05) is 0 Å². The number of aromatic amines is 1. The molecule has 0 bridgehead atoms. The summed E-state index contributed by atoms with van der Waals surface area (Å²) in [4.78, 5) is 14.5. The minimum absolute atomic E-state index is 0.151. The fourth-order valence-electron chi connectivity index (χ4n) is 1.81. The van der Waals surface area contributed by atoms with Crippen LogP contribution >= 0.6 is 0 Å². The normalized spacial score (nSPS) is 11.3. The van der Waals surface area contributed by atoms with Gasteiger partial charge in [0.1, 0.15) is 16.7 Å². The Kier molecular flexibility index (Phi) is 1.48. The first kappa shape index (κ1) is 8.23. The number of nitrogens with one attached hydrogen (secondary N) is 1. The van der Waals surface area contributed by atoms with Gasteiger partial charge in [-0.25, -0.2) is 0 Å². The van der Waals surface area contributed by atoms with E-state index in [2.05, 4.69) is 10.1 Å². The Morgan fingerprint density at radius 3 is 3.00 bits per heavy atom. The number of hydrogen-bond acceptors (Lipinski definition) is 3. The molecule has 4 nitrogen and oxygen atoms in total. The SMILES string of the molecule is Cc1onc2c1c(=O)[nH]c1ccccc12. The van der Waals surface area contributed by atoms with Crippen LogP contribution in [0.4, 0.5) is 0 Å². The van der Waals surface area contributed by atoms with Gasteiger partial charge in [0.2, 0.25) is 0 Å².